The molecule has 2 aliphatic rings. The number of nitrogens with zero attached hydrogens (tertiary/aromatic N) is 1. The van der Waals surface area contributed by atoms with Crippen molar-refractivity contribution < 1.29 is 14.3 Å². The quantitative estimate of drug-likeness (QED) is 0.711. The van der Waals surface area contributed by atoms with Crippen LogP contribution in [-0.2, 0) is 14.3 Å². The normalized spacial score (nSPS) is 27.3. The summed E-state index contributed by atoms with van der Waals surface area (Å²) in [5.74, 6) is 0.00498. The Kier molecular flexibility index (Phi) is 5.15. The van der Waals surface area contributed by atoms with Gasteiger partial charge in [0.2, 0.25) is 11.8 Å². The number of rotatable bonds is 4. The van der Waals surface area contributed by atoms with Crippen LogP contribution in [0.1, 0.15) is 19.8 Å². The standard InChI is InChI=1S/C13H23N3O3/c1-2-4-15-12(17)11-9-19-7-6-16(11)13(18)10-3-5-14-8-10/h10-11,14H,2-9H2,1H3,(H,15,17). The fourth-order valence-electron chi connectivity index (χ4n) is 2.55. The van der Waals surface area contributed by atoms with Crippen molar-refractivity contribution in [1.29, 1.82) is 0 Å². The topological polar surface area (TPSA) is 70.7 Å². The van der Waals surface area contributed by atoms with Crippen molar-refractivity contribution in [3.8, 4) is 0 Å². The van der Waals surface area contributed by atoms with Crippen LogP contribution in [0, 0.1) is 5.92 Å². The van der Waals surface area contributed by atoms with Crippen LogP contribution in [0.5, 0.6) is 0 Å². The lowest BCUT2D eigenvalue weighted by Gasteiger charge is -2.36. The summed E-state index contributed by atoms with van der Waals surface area (Å²) in [6.45, 7) is 5.59. The molecule has 0 bridgehead atoms. The number of carbonyl (C=O) groups is 2. The van der Waals surface area contributed by atoms with Crippen LogP contribution >= 0.6 is 0 Å². The molecule has 2 heterocycles. The highest BCUT2D eigenvalue weighted by Crippen LogP contribution is 2.16. The van der Waals surface area contributed by atoms with E-state index in [2.05, 4.69) is 10.6 Å². The van der Waals surface area contributed by atoms with Gasteiger partial charge in [-0.1, -0.05) is 6.92 Å². The van der Waals surface area contributed by atoms with Crippen molar-refractivity contribution in [3.05, 3.63) is 0 Å². The van der Waals surface area contributed by atoms with Crippen LogP contribution in [0.4, 0.5) is 0 Å². The molecule has 0 saturated carbocycles. The summed E-state index contributed by atoms with van der Waals surface area (Å²) >= 11 is 0. The molecule has 0 aromatic carbocycles. The number of hydrogen-bond donors (Lipinski definition) is 2. The largest absolute Gasteiger partial charge is 0.377 e. The molecule has 2 unspecified atom stereocenters. The predicted molar refractivity (Wildman–Crippen MR) is 70.6 cm³/mol. The van der Waals surface area contributed by atoms with Gasteiger partial charge in [0.15, 0.2) is 0 Å². The van der Waals surface area contributed by atoms with E-state index in [9.17, 15) is 9.59 Å². The first kappa shape index (κ1) is 14.3. The van der Waals surface area contributed by atoms with Crippen LogP contribution in [0.3, 0.4) is 0 Å². The lowest BCUT2D eigenvalue weighted by atomic mass is 10.1. The number of hydrogen-bond acceptors (Lipinski definition) is 4. The zero-order valence-electron chi connectivity index (χ0n) is 11.5. The van der Waals surface area contributed by atoms with Gasteiger partial charge in [-0.15, -0.1) is 0 Å². The van der Waals surface area contributed by atoms with Crippen LogP contribution < -0.4 is 10.6 Å². The Labute approximate surface area is 113 Å². The minimum atomic E-state index is -0.464. The van der Waals surface area contributed by atoms with Crippen molar-refractivity contribution in [1.82, 2.24) is 15.5 Å². The molecule has 108 valence electrons. The van der Waals surface area contributed by atoms with E-state index in [1.165, 1.54) is 0 Å². The van der Waals surface area contributed by atoms with Crippen LogP contribution in [0.25, 0.3) is 0 Å². The van der Waals surface area contributed by atoms with Gasteiger partial charge in [0, 0.05) is 19.6 Å². The number of ether oxygens (including phenoxy) is 1. The van der Waals surface area contributed by atoms with E-state index in [-0.39, 0.29) is 17.7 Å². The van der Waals surface area contributed by atoms with E-state index >= 15 is 0 Å². The Morgan fingerprint density at radius 2 is 2.32 bits per heavy atom. The van der Waals surface area contributed by atoms with Crippen molar-refractivity contribution in [2.24, 2.45) is 5.92 Å². The first-order valence-electron chi connectivity index (χ1n) is 7.10. The maximum absolute atomic E-state index is 12.4. The van der Waals surface area contributed by atoms with Gasteiger partial charge in [-0.3, -0.25) is 9.59 Å². The molecule has 2 fully saturated rings. The fraction of sp³-hybridized carbons (Fsp3) is 0.846. The molecule has 2 saturated heterocycles. The molecule has 0 radical (unpaired) electrons. The first-order chi connectivity index (χ1) is 9.24. The summed E-state index contributed by atoms with van der Waals surface area (Å²) in [5.41, 5.74) is 0. The van der Waals surface area contributed by atoms with Gasteiger partial charge in [-0.2, -0.15) is 0 Å². The highest BCUT2D eigenvalue weighted by Gasteiger charge is 2.36. The third kappa shape index (κ3) is 3.45. The molecule has 0 aromatic rings. The number of amides is 2. The second-order valence-electron chi connectivity index (χ2n) is 5.10. The summed E-state index contributed by atoms with van der Waals surface area (Å²) in [7, 11) is 0. The second-order valence-corrected chi connectivity index (χ2v) is 5.10. The number of nitrogens with one attached hydrogen (secondary N) is 2. The van der Waals surface area contributed by atoms with E-state index in [1.54, 1.807) is 4.90 Å². The van der Waals surface area contributed by atoms with Crippen molar-refractivity contribution in [2.75, 3.05) is 39.4 Å². The van der Waals surface area contributed by atoms with Crippen molar-refractivity contribution in [3.63, 3.8) is 0 Å². The first-order valence-corrected chi connectivity index (χ1v) is 7.10. The van der Waals surface area contributed by atoms with Crippen LogP contribution in [0.2, 0.25) is 0 Å². The lowest BCUT2D eigenvalue weighted by Crippen LogP contribution is -2.57. The predicted octanol–water partition coefficient (Wildman–Crippen LogP) is -0.650. The molecule has 6 nitrogen and oxygen atoms in total. The van der Waals surface area contributed by atoms with Crippen LogP contribution in [-0.4, -0.2) is 62.1 Å². The Hall–Kier alpha value is -1.14. The smallest absolute Gasteiger partial charge is 0.245 e. The van der Waals surface area contributed by atoms with Gasteiger partial charge >= 0.3 is 0 Å². The van der Waals surface area contributed by atoms with E-state index in [4.69, 9.17) is 4.74 Å². The van der Waals surface area contributed by atoms with Crippen LogP contribution in [0.15, 0.2) is 0 Å². The third-order valence-electron chi connectivity index (χ3n) is 3.67. The SMILES string of the molecule is CCCNC(=O)C1COCCN1C(=O)C1CCNC1. The zero-order chi connectivity index (χ0) is 13.7. The molecule has 2 aliphatic heterocycles. The summed E-state index contributed by atoms with van der Waals surface area (Å²) in [6, 6.07) is -0.464. The molecule has 2 amide bonds. The van der Waals surface area contributed by atoms with Crippen molar-refractivity contribution in [2.45, 2.75) is 25.8 Å². The van der Waals surface area contributed by atoms with Gasteiger partial charge in [0.05, 0.1) is 19.1 Å². The monoisotopic (exact) mass is 269 g/mol. The highest BCUT2D eigenvalue weighted by atomic mass is 16.5. The molecular weight excluding hydrogens is 246 g/mol. The number of morpholine rings is 1. The summed E-state index contributed by atoms with van der Waals surface area (Å²) in [4.78, 5) is 26.2. The molecule has 2 N–H and O–H groups in total. The highest BCUT2D eigenvalue weighted by molar-refractivity contribution is 5.89. The average molecular weight is 269 g/mol. The molecule has 19 heavy (non-hydrogen) atoms. The lowest BCUT2D eigenvalue weighted by molar-refractivity contribution is -0.151. The maximum Gasteiger partial charge on any atom is 0.245 e. The van der Waals surface area contributed by atoms with Gasteiger partial charge in [-0.25, -0.2) is 0 Å². The van der Waals surface area contributed by atoms with E-state index in [0.29, 0.717) is 26.3 Å². The average Bonchev–Trinajstić information content (AvgIpc) is 2.98. The van der Waals surface area contributed by atoms with E-state index < -0.39 is 6.04 Å². The Morgan fingerprint density at radius 1 is 1.47 bits per heavy atom. The Bertz CT molecular complexity index is 329. The Balaban J connectivity index is 1.98. The van der Waals surface area contributed by atoms with E-state index in [1.807, 2.05) is 6.92 Å². The molecule has 6 heteroatoms. The molecule has 0 aromatic heterocycles. The van der Waals surface area contributed by atoms with Gasteiger partial charge < -0.3 is 20.3 Å². The fourth-order valence-corrected chi connectivity index (χ4v) is 2.55. The van der Waals surface area contributed by atoms with Gasteiger partial charge in [0.25, 0.3) is 0 Å². The zero-order valence-corrected chi connectivity index (χ0v) is 11.5. The molecule has 2 atom stereocenters. The number of carbonyl (C=O) groups excluding carboxylic acids is 2. The summed E-state index contributed by atoms with van der Waals surface area (Å²) in [5, 5.41) is 6.04. The van der Waals surface area contributed by atoms with Gasteiger partial charge in [-0.05, 0) is 19.4 Å². The third-order valence-corrected chi connectivity index (χ3v) is 3.67. The maximum atomic E-state index is 12.4. The van der Waals surface area contributed by atoms with Crippen molar-refractivity contribution >= 4 is 11.8 Å². The van der Waals surface area contributed by atoms with E-state index in [0.717, 1.165) is 25.9 Å². The Morgan fingerprint density at radius 3 is 3.00 bits per heavy atom. The minimum Gasteiger partial charge on any atom is -0.377 e. The molecule has 0 aliphatic carbocycles. The molecular formula is C13H23N3O3. The molecule has 2 rings (SSSR count). The minimum absolute atomic E-state index is 0.0135. The summed E-state index contributed by atoms with van der Waals surface area (Å²) in [6.07, 6.45) is 1.75. The second kappa shape index (κ2) is 6.86. The summed E-state index contributed by atoms with van der Waals surface area (Å²) < 4.78 is 5.36. The van der Waals surface area contributed by atoms with Gasteiger partial charge in [0.1, 0.15) is 6.04 Å². The molecule has 0 spiro atoms.